The van der Waals surface area contributed by atoms with Crippen LogP contribution in [0.1, 0.15) is 31.9 Å². The molecule has 1 aromatic carbocycles. The third kappa shape index (κ3) is 3.74. The Morgan fingerprint density at radius 3 is 2.40 bits per heavy atom. The van der Waals surface area contributed by atoms with Crippen LogP contribution in [0.3, 0.4) is 0 Å². The average molecular weight is 275 g/mol. The zero-order chi connectivity index (χ0) is 14.5. The minimum absolute atomic E-state index is 0.668. The van der Waals surface area contributed by atoms with Gasteiger partial charge in [0.2, 0.25) is 0 Å². The highest BCUT2D eigenvalue weighted by Gasteiger charge is 2.19. The number of nitrogens with one attached hydrogen (secondary N) is 1. The summed E-state index contributed by atoms with van der Waals surface area (Å²) < 4.78 is 0. The highest BCUT2D eigenvalue weighted by atomic mass is 15.3. The molecule has 0 amide bonds. The summed E-state index contributed by atoms with van der Waals surface area (Å²) >= 11 is 0. The van der Waals surface area contributed by atoms with Gasteiger partial charge in [0, 0.05) is 44.5 Å². The quantitative estimate of drug-likeness (QED) is 0.891. The van der Waals surface area contributed by atoms with Crippen molar-refractivity contribution in [3.63, 3.8) is 0 Å². The fourth-order valence-electron chi connectivity index (χ4n) is 2.83. The topological polar surface area (TPSA) is 18.5 Å². The Balaban J connectivity index is 1.98. The predicted molar refractivity (Wildman–Crippen MR) is 87.5 cm³/mol. The Kier molecular flexibility index (Phi) is 5.44. The molecule has 1 N–H and O–H groups in total. The van der Waals surface area contributed by atoms with Crippen molar-refractivity contribution in [2.75, 3.05) is 37.6 Å². The van der Waals surface area contributed by atoms with Crippen molar-refractivity contribution in [1.82, 2.24) is 10.2 Å². The van der Waals surface area contributed by atoms with E-state index in [4.69, 9.17) is 0 Å². The Bertz CT molecular complexity index is 420. The monoisotopic (exact) mass is 275 g/mol. The highest BCUT2D eigenvalue weighted by Crippen LogP contribution is 2.21. The van der Waals surface area contributed by atoms with Crippen molar-refractivity contribution in [2.24, 2.45) is 0 Å². The van der Waals surface area contributed by atoms with Crippen molar-refractivity contribution < 1.29 is 0 Å². The molecule has 0 aromatic heterocycles. The Labute approximate surface area is 124 Å². The van der Waals surface area contributed by atoms with E-state index in [-0.39, 0.29) is 0 Å². The molecule has 0 unspecified atom stereocenters. The molecule has 0 bridgehead atoms. The molecular formula is C17H29N3. The number of nitrogens with zero attached hydrogens (tertiary/aromatic N) is 2. The van der Waals surface area contributed by atoms with Crippen LogP contribution >= 0.6 is 0 Å². The van der Waals surface area contributed by atoms with Crippen LogP contribution < -0.4 is 10.2 Å². The van der Waals surface area contributed by atoms with E-state index in [1.54, 1.807) is 0 Å². The second kappa shape index (κ2) is 7.09. The van der Waals surface area contributed by atoms with Gasteiger partial charge in [-0.1, -0.05) is 13.0 Å². The molecule has 20 heavy (non-hydrogen) atoms. The SMILES string of the molecule is CCNCc1ccc(N2CCN(C(C)C)CC2)cc1C. The molecular weight excluding hydrogens is 246 g/mol. The van der Waals surface area contributed by atoms with Crippen LogP contribution in [0.2, 0.25) is 0 Å². The molecule has 1 aliphatic heterocycles. The van der Waals surface area contributed by atoms with E-state index >= 15 is 0 Å². The van der Waals surface area contributed by atoms with Gasteiger partial charge < -0.3 is 10.2 Å². The van der Waals surface area contributed by atoms with Crippen molar-refractivity contribution in [3.05, 3.63) is 29.3 Å². The number of benzene rings is 1. The third-order valence-electron chi connectivity index (χ3n) is 4.30. The van der Waals surface area contributed by atoms with E-state index < -0.39 is 0 Å². The second-order valence-electron chi connectivity index (χ2n) is 6.01. The zero-order valence-electron chi connectivity index (χ0n) is 13.4. The lowest BCUT2D eigenvalue weighted by atomic mass is 10.1. The van der Waals surface area contributed by atoms with E-state index in [0.29, 0.717) is 6.04 Å². The van der Waals surface area contributed by atoms with Gasteiger partial charge in [0.25, 0.3) is 0 Å². The number of piperazine rings is 1. The first-order chi connectivity index (χ1) is 9.61. The molecule has 1 heterocycles. The van der Waals surface area contributed by atoms with Crippen LogP contribution in [0.25, 0.3) is 0 Å². The van der Waals surface area contributed by atoms with Gasteiger partial charge in [0.1, 0.15) is 0 Å². The maximum atomic E-state index is 3.40. The molecule has 3 nitrogen and oxygen atoms in total. The Hall–Kier alpha value is -1.06. The van der Waals surface area contributed by atoms with Crippen LogP contribution in [-0.2, 0) is 6.54 Å². The third-order valence-corrected chi connectivity index (χ3v) is 4.30. The lowest BCUT2D eigenvalue weighted by Gasteiger charge is -2.38. The molecule has 1 aromatic rings. The standard InChI is InChI=1S/C17H29N3/c1-5-18-13-16-6-7-17(12-15(16)4)20-10-8-19(9-11-20)14(2)3/h6-7,12,14,18H,5,8-11,13H2,1-4H3. The summed E-state index contributed by atoms with van der Waals surface area (Å²) in [6, 6.07) is 7.58. The van der Waals surface area contributed by atoms with Gasteiger partial charge in [-0.05, 0) is 50.6 Å². The summed E-state index contributed by atoms with van der Waals surface area (Å²) in [7, 11) is 0. The van der Waals surface area contributed by atoms with E-state index in [1.807, 2.05) is 0 Å². The number of anilines is 1. The summed E-state index contributed by atoms with van der Waals surface area (Å²) in [5.41, 5.74) is 4.19. The van der Waals surface area contributed by atoms with Crippen LogP contribution in [0.5, 0.6) is 0 Å². The molecule has 0 saturated carbocycles. The summed E-state index contributed by atoms with van der Waals surface area (Å²) in [5.74, 6) is 0. The van der Waals surface area contributed by atoms with Crippen LogP contribution in [-0.4, -0.2) is 43.7 Å². The van der Waals surface area contributed by atoms with Crippen molar-refractivity contribution in [3.8, 4) is 0 Å². The van der Waals surface area contributed by atoms with Gasteiger partial charge in [0.05, 0.1) is 0 Å². The molecule has 0 spiro atoms. The molecule has 2 rings (SSSR count). The molecule has 0 radical (unpaired) electrons. The highest BCUT2D eigenvalue weighted by molar-refractivity contribution is 5.51. The summed E-state index contributed by atoms with van der Waals surface area (Å²) in [6.07, 6.45) is 0. The largest absolute Gasteiger partial charge is 0.369 e. The normalized spacial score (nSPS) is 16.9. The lowest BCUT2D eigenvalue weighted by Crippen LogP contribution is -2.48. The molecule has 1 fully saturated rings. The van der Waals surface area contributed by atoms with E-state index in [0.717, 1.165) is 26.2 Å². The summed E-state index contributed by atoms with van der Waals surface area (Å²) in [4.78, 5) is 5.08. The van der Waals surface area contributed by atoms with Crippen molar-refractivity contribution in [2.45, 2.75) is 40.3 Å². The van der Waals surface area contributed by atoms with Gasteiger partial charge in [-0.3, -0.25) is 4.90 Å². The molecule has 1 aliphatic rings. The zero-order valence-corrected chi connectivity index (χ0v) is 13.4. The molecule has 1 saturated heterocycles. The predicted octanol–water partition coefficient (Wildman–Crippen LogP) is 2.63. The average Bonchev–Trinajstić information content (AvgIpc) is 2.46. The van der Waals surface area contributed by atoms with Gasteiger partial charge in [-0.2, -0.15) is 0 Å². The maximum absolute atomic E-state index is 3.40. The molecule has 3 heteroatoms. The van der Waals surface area contributed by atoms with E-state index in [1.165, 1.54) is 29.9 Å². The van der Waals surface area contributed by atoms with Crippen LogP contribution in [0, 0.1) is 6.92 Å². The van der Waals surface area contributed by atoms with E-state index in [2.05, 4.69) is 61.0 Å². The van der Waals surface area contributed by atoms with Gasteiger partial charge in [-0.15, -0.1) is 0 Å². The number of aryl methyl sites for hydroxylation is 1. The fraction of sp³-hybridized carbons (Fsp3) is 0.647. The van der Waals surface area contributed by atoms with Crippen molar-refractivity contribution >= 4 is 5.69 Å². The number of rotatable bonds is 5. The molecule has 0 aliphatic carbocycles. The maximum Gasteiger partial charge on any atom is 0.0369 e. The van der Waals surface area contributed by atoms with Crippen molar-refractivity contribution in [1.29, 1.82) is 0 Å². The first-order valence-electron chi connectivity index (χ1n) is 7.91. The summed E-state index contributed by atoms with van der Waals surface area (Å²) in [6.45, 7) is 15.6. The van der Waals surface area contributed by atoms with Gasteiger partial charge in [-0.25, -0.2) is 0 Å². The number of hydrogen-bond acceptors (Lipinski definition) is 3. The van der Waals surface area contributed by atoms with Gasteiger partial charge >= 0.3 is 0 Å². The van der Waals surface area contributed by atoms with Crippen LogP contribution in [0.15, 0.2) is 18.2 Å². The first-order valence-corrected chi connectivity index (χ1v) is 7.91. The first kappa shape index (κ1) is 15.3. The number of hydrogen-bond donors (Lipinski definition) is 1. The minimum Gasteiger partial charge on any atom is -0.369 e. The minimum atomic E-state index is 0.668. The lowest BCUT2D eigenvalue weighted by molar-refractivity contribution is 0.209. The summed E-state index contributed by atoms with van der Waals surface area (Å²) in [5, 5.41) is 3.40. The molecule has 0 atom stereocenters. The molecule has 112 valence electrons. The van der Waals surface area contributed by atoms with Gasteiger partial charge in [0.15, 0.2) is 0 Å². The Morgan fingerprint density at radius 1 is 1.15 bits per heavy atom. The Morgan fingerprint density at radius 2 is 1.85 bits per heavy atom. The van der Waals surface area contributed by atoms with Crippen LogP contribution in [0.4, 0.5) is 5.69 Å². The van der Waals surface area contributed by atoms with E-state index in [9.17, 15) is 0 Å². The fourth-order valence-corrected chi connectivity index (χ4v) is 2.83. The second-order valence-corrected chi connectivity index (χ2v) is 6.01. The smallest absolute Gasteiger partial charge is 0.0369 e.